The molecule has 8 N–H and O–H groups in total. The Morgan fingerprint density at radius 2 is 1.45 bits per heavy atom. The van der Waals surface area contributed by atoms with Crippen molar-refractivity contribution in [1.29, 1.82) is 0 Å². The van der Waals surface area contributed by atoms with Gasteiger partial charge in [0.2, 0.25) is 17.7 Å². The van der Waals surface area contributed by atoms with Crippen LogP contribution < -0.4 is 21.7 Å². The molecule has 0 aliphatic rings. The molecule has 11 nitrogen and oxygen atoms in total. The summed E-state index contributed by atoms with van der Waals surface area (Å²) in [5.74, 6) is -3.65. The second kappa shape index (κ2) is 12.8. The van der Waals surface area contributed by atoms with E-state index in [9.17, 15) is 34.5 Å². The summed E-state index contributed by atoms with van der Waals surface area (Å²) in [7, 11) is 0. The fourth-order valence-corrected chi connectivity index (χ4v) is 2.98. The number of aliphatic hydroxyl groups excluding tert-OH is 1. The number of phenols is 1. The lowest BCUT2D eigenvalue weighted by atomic mass is 9.97. The fourth-order valence-electron chi connectivity index (χ4n) is 2.98. The molecule has 0 aliphatic carbocycles. The topological polar surface area (TPSA) is 191 Å². The molecule has 1 aromatic carbocycles. The van der Waals surface area contributed by atoms with Crippen LogP contribution in [0.5, 0.6) is 5.75 Å². The maximum Gasteiger partial charge on any atom is 0.328 e. The van der Waals surface area contributed by atoms with Gasteiger partial charge in [-0.3, -0.25) is 14.4 Å². The summed E-state index contributed by atoms with van der Waals surface area (Å²) >= 11 is 0. The molecule has 0 spiro atoms. The van der Waals surface area contributed by atoms with Gasteiger partial charge in [-0.25, -0.2) is 4.79 Å². The molecule has 3 amide bonds. The minimum absolute atomic E-state index is 0.0880. The maximum absolute atomic E-state index is 12.7. The smallest absolute Gasteiger partial charge is 0.328 e. The minimum atomic E-state index is -1.53. The molecule has 0 aliphatic heterocycles. The average molecular weight is 467 g/mol. The number of hydrogen-bond acceptors (Lipinski definition) is 7. The van der Waals surface area contributed by atoms with Crippen molar-refractivity contribution in [2.75, 3.05) is 0 Å². The molecule has 0 heterocycles. The van der Waals surface area contributed by atoms with E-state index < -0.39 is 54.0 Å². The molecular weight excluding hydrogens is 432 g/mol. The standard InChI is InChI=1S/C22H34N4O7/c1-5-11(2)17(21(31)26-18(13(4)27)22(32)33)25-19(29)12(3)24-20(30)16(23)10-14-6-8-15(28)9-7-14/h6-9,11-13,16-18,27-28H,5,10,23H2,1-4H3,(H,24,30)(H,25,29)(H,26,31)(H,32,33)/t11-,12-,13+,16-,17-,18-/m0/s1. The van der Waals surface area contributed by atoms with Gasteiger partial charge in [-0.1, -0.05) is 32.4 Å². The van der Waals surface area contributed by atoms with E-state index in [0.29, 0.717) is 6.42 Å². The van der Waals surface area contributed by atoms with Gasteiger partial charge in [0, 0.05) is 0 Å². The van der Waals surface area contributed by atoms with Crippen LogP contribution in [-0.2, 0) is 25.6 Å². The number of nitrogens with one attached hydrogen (secondary N) is 3. The summed E-state index contributed by atoms with van der Waals surface area (Å²) in [5, 5.41) is 35.4. The van der Waals surface area contributed by atoms with E-state index in [-0.39, 0.29) is 18.1 Å². The number of nitrogens with two attached hydrogens (primary N) is 1. The Kier molecular flexibility index (Phi) is 10.8. The molecule has 0 fully saturated rings. The molecule has 0 saturated heterocycles. The normalized spacial score (nSPS) is 16.4. The van der Waals surface area contributed by atoms with Crippen molar-refractivity contribution in [3.63, 3.8) is 0 Å². The first kappa shape index (κ1) is 27.9. The van der Waals surface area contributed by atoms with Crippen LogP contribution in [0.15, 0.2) is 24.3 Å². The Hall–Kier alpha value is -3.18. The Bertz CT molecular complexity index is 829. The third-order valence-corrected chi connectivity index (χ3v) is 5.32. The summed E-state index contributed by atoms with van der Waals surface area (Å²) in [5.41, 5.74) is 6.65. The summed E-state index contributed by atoms with van der Waals surface area (Å²) in [6.07, 6.45) is -0.648. The van der Waals surface area contributed by atoms with Gasteiger partial charge < -0.3 is 37.0 Å². The third kappa shape index (κ3) is 8.70. The zero-order valence-corrected chi connectivity index (χ0v) is 19.2. The number of aromatic hydroxyl groups is 1. The average Bonchev–Trinajstić information content (AvgIpc) is 2.75. The van der Waals surface area contributed by atoms with Gasteiger partial charge in [-0.05, 0) is 43.9 Å². The van der Waals surface area contributed by atoms with E-state index in [0.717, 1.165) is 5.56 Å². The number of hydrogen-bond donors (Lipinski definition) is 7. The van der Waals surface area contributed by atoms with Crippen molar-refractivity contribution in [3.05, 3.63) is 29.8 Å². The van der Waals surface area contributed by atoms with Crippen molar-refractivity contribution in [1.82, 2.24) is 16.0 Å². The van der Waals surface area contributed by atoms with Crippen molar-refractivity contribution >= 4 is 23.7 Å². The number of rotatable bonds is 12. The highest BCUT2D eigenvalue weighted by Gasteiger charge is 2.33. The maximum atomic E-state index is 12.7. The molecule has 1 aromatic rings. The minimum Gasteiger partial charge on any atom is -0.508 e. The predicted octanol–water partition coefficient (Wildman–Crippen LogP) is -0.752. The van der Waals surface area contributed by atoms with Gasteiger partial charge in [0.15, 0.2) is 6.04 Å². The first-order chi connectivity index (χ1) is 15.4. The number of aliphatic hydroxyl groups is 1. The van der Waals surface area contributed by atoms with E-state index in [1.807, 2.05) is 0 Å². The van der Waals surface area contributed by atoms with Gasteiger partial charge in [-0.15, -0.1) is 0 Å². The predicted molar refractivity (Wildman–Crippen MR) is 120 cm³/mol. The lowest BCUT2D eigenvalue weighted by Gasteiger charge is -2.27. The van der Waals surface area contributed by atoms with Crippen LogP contribution in [0.4, 0.5) is 0 Å². The second-order valence-electron chi connectivity index (χ2n) is 8.14. The van der Waals surface area contributed by atoms with E-state index in [2.05, 4.69) is 16.0 Å². The van der Waals surface area contributed by atoms with Gasteiger partial charge in [0.25, 0.3) is 0 Å². The van der Waals surface area contributed by atoms with Crippen LogP contribution >= 0.6 is 0 Å². The number of benzene rings is 1. The monoisotopic (exact) mass is 466 g/mol. The Morgan fingerprint density at radius 3 is 1.94 bits per heavy atom. The number of carboxylic acid groups (broad SMARTS) is 1. The highest BCUT2D eigenvalue weighted by Crippen LogP contribution is 2.12. The second-order valence-corrected chi connectivity index (χ2v) is 8.14. The molecule has 0 bridgehead atoms. The number of carboxylic acids is 1. The Morgan fingerprint density at radius 1 is 0.909 bits per heavy atom. The molecule has 0 radical (unpaired) electrons. The fraction of sp³-hybridized carbons (Fsp3) is 0.545. The quantitative estimate of drug-likeness (QED) is 0.209. The van der Waals surface area contributed by atoms with Gasteiger partial charge in [0.05, 0.1) is 12.1 Å². The molecular formula is C22H34N4O7. The zero-order chi connectivity index (χ0) is 25.3. The van der Waals surface area contributed by atoms with Gasteiger partial charge >= 0.3 is 5.97 Å². The van der Waals surface area contributed by atoms with Crippen LogP contribution in [0, 0.1) is 5.92 Å². The Balaban J connectivity index is 2.77. The number of phenolic OH excluding ortho intramolecular Hbond substituents is 1. The van der Waals surface area contributed by atoms with E-state index in [4.69, 9.17) is 5.73 Å². The van der Waals surface area contributed by atoms with Crippen molar-refractivity contribution in [2.24, 2.45) is 11.7 Å². The lowest BCUT2D eigenvalue weighted by Crippen LogP contribution is -2.59. The lowest BCUT2D eigenvalue weighted by molar-refractivity contribution is -0.145. The van der Waals surface area contributed by atoms with Gasteiger partial charge in [0.1, 0.15) is 17.8 Å². The van der Waals surface area contributed by atoms with E-state index >= 15 is 0 Å². The summed E-state index contributed by atoms with van der Waals surface area (Å²) in [6.45, 7) is 6.17. The van der Waals surface area contributed by atoms with Crippen LogP contribution in [0.2, 0.25) is 0 Å². The van der Waals surface area contributed by atoms with Crippen LogP contribution in [-0.4, -0.2) is 69.3 Å². The number of amides is 3. The third-order valence-electron chi connectivity index (χ3n) is 5.32. The van der Waals surface area contributed by atoms with Crippen LogP contribution in [0.3, 0.4) is 0 Å². The number of carbonyl (C=O) groups is 4. The molecule has 6 atom stereocenters. The van der Waals surface area contributed by atoms with Crippen molar-refractivity contribution in [2.45, 2.75) is 70.8 Å². The van der Waals surface area contributed by atoms with E-state index in [1.165, 1.54) is 26.0 Å². The number of aliphatic carboxylic acids is 1. The largest absolute Gasteiger partial charge is 0.508 e. The molecule has 0 unspecified atom stereocenters. The molecule has 33 heavy (non-hydrogen) atoms. The van der Waals surface area contributed by atoms with Crippen molar-refractivity contribution in [3.8, 4) is 5.75 Å². The molecule has 184 valence electrons. The highest BCUT2D eigenvalue weighted by atomic mass is 16.4. The SMILES string of the molecule is CC[C@H](C)[C@H](NC(=O)[C@H](C)NC(=O)[C@@H](N)Cc1ccc(O)cc1)C(=O)N[C@H](C(=O)O)[C@@H](C)O. The molecule has 1 rings (SSSR count). The Labute approximate surface area is 192 Å². The first-order valence-electron chi connectivity index (χ1n) is 10.7. The molecule has 11 heteroatoms. The summed E-state index contributed by atoms with van der Waals surface area (Å²) < 4.78 is 0. The summed E-state index contributed by atoms with van der Waals surface area (Å²) in [4.78, 5) is 49.0. The van der Waals surface area contributed by atoms with Crippen LogP contribution in [0.1, 0.15) is 39.7 Å². The van der Waals surface area contributed by atoms with Crippen LogP contribution in [0.25, 0.3) is 0 Å². The van der Waals surface area contributed by atoms with Gasteiger partial charge in [-0.2, -0.15) is 0 Å². The highest BCUT2D eigenvalue weighted by molar-refractivity contribution is 5.94. The number of carbonyl (C=O) groups excluding carboxylic acids is 3. The van der Waals surface area contributed by atoms with E-state index in [1.54, 1.807) is 26.0 Å². The molecule has 0 saturated carbocycles. The molecule has 0 aromatic heterocycles. The van der Waals surface area contributed by atoms with Crippen molar-refractivity contribution < 1.29 is 34.5 Å². The first-order valence-corrected chi connectivity index (χ1v) is 10.7. The summed E-state index contributed by atoms with van der Waals surface area (Å²) in [6, 6.07) is 1.64. The zero-order valence-electron chi connectivity index (χ0n) is 19.2.